The van der Waals surface area contributed by atoms with E-state index < -0.39 is 5.97 Å². The van der Waals surface area contributed by atoms with Crippen LogP contribution in [0.3, 0.4) is 0 Å². The van der Waals surface area contributed by atoms with Crippen LogP contribution in [0, 0.1) is 0 Å². The number of carboxylic acid groups (broad SMARTS) is 1. The summed E-state index contributed by atoms with van der Waals surface area (Å²) >= 11 is 0. The molecule has 1 saturated heterocycles. The van der Waals surface area contributed by atoms with E-state index in [1.807, 2.05) is 35.2 Å². The first-order valence-electron chi connectivity index (χ1n) is 7.30. The number of benzene rings is 1. The topological polar surface area (TPSA) is 60.9 Å². The van der Waals surface area contributed by atoms with E-state index in [0.29, 0.717) is 13.1 Å². The van der Waals surface area contributed by atoms with Gasteiger partial charge in [-0.15, -0.1) is 0 Å². The second-order valence-corrected chi connectivity index (χ2v) is 5.60. The highest BCUT2D eigenvalue weighted by Gasteiger charge is 2.28. The van der Waals surface area contributed by atoms with Crippen molar-refractivity contribution in [2.45, 2.75) is 31.8 Å². The number of likely N-dealkylation sites (tertiary alicyclic amines) is 1. The van der Waals surface area contributed by atoms with Crippen LogP contribution in [0.5, 0.6) is 0 Å². The molecule has 0 saturated carbocycles. The highest BCUT2D eigenvalue weighted by atomic mass is 16.4. The van der Waals surface area contributed by atoms with Crippen molar-refractivity contribution in [1.82, 2.24) is 9.80 Å². The van der Waals surface area contributed by atoms with Gasteiger partial charge in [-0.05, 0) is 24.9 Å². The largest absolute Gasteiger partial charge is 0.481 e. The van der Waals surface area contributed by atoms with Crippen LogP contribution in [0.1, 0.15) is 24.8 Å². The highest BCUT2D eigenvalue weighted by Crippen LogP contribution is 2.20. The average molecular weight is 290 g/mol. The number of aliphatic carboxylic acids is 1. The standard InChI is InChI=1S/C16H22N2O3/c1-17(11-13-6-3-2-4-7-13)15(19)12-18-9-5-8-14(18)10-16(20)21/h2-4,6-7,14H,5,8-12H2,1H3,(H,20,21). The summed E-state index contributed by atoms with van der Waals surface area (Å²) in [4.78, 5) is 26.8. The van der Waals surface area contributed by atoms with Crippen molar-refractivity contribution in [3.05, 3.63) is 35.9 Å². The van der Waals surface area contributed by atoms with Crippen molar-refractivity contribution in [2.24, 2.45) is 0 Å². The lowest BCUT2D eigenvalue weighted by molar-refractivity contribution is -0.139. The van der Waals surface area contributed by atoms with Gasteiger partial charge in [-0.3, -0.25) is 14.5 Å². The fourth-order valence-electron chi connectivity index (χ4n) is 2.78. The molecular formula is C16H22N2O3. The van der Waals surface area contributed by atoms with Crippen molar-refractivity contribution in [2.75, 3.05) is 20.1 Å². The molecule has 0 aromatic heterocycles. The van der Waals surface area contributed by atoms with E-state index in [1.54, 1.807) is 11.9 Å². The van der Waals surface area contributed by atoms with Crippen molar-refractivity contribution in [3.63, 3.8) is 0 Å². The molecule has 1 fully saturated rings. The molecule has 1 aromatic carbocycles. The van der Waals surface area contributed by atoms with Gasteiger partial charge in [-0.2, -0.15) is 0 Å². The summed E-state index contributed by atoms with van der Waals surface area (Å²) in [6.07, 6.45) is 1.95. The predicted octanol–water partition coefficient (Wildman–Crippen LogP) is 1.58. The van der Waals surface area contributed by atoms with E-state index in [0.717, 1.165) is 24.9 Å². The number of likely N-dealkylation sites (N-methyl/N-ethyl adjacent to an activating group) is 1. The summed E-state index contributed by atoms with van der Waals surface area (Å²) < 4.78 is 0. The zero-order valence-corrected chi connectivity index (χ0v) is 12.4. The summed E-state index contributed by atoms with van der Waals surface area (Å²) in [5, 5.41) is 8.91. The molecule has 2 rings (SSSR count). The third-order valence-electron chi connectivity index (χ3n) is 3.94. The van der Waals surface area contributed by atoms with Crippen LogP contribution in [-0.2, 0) is 16.1 Å². The van der Waals surface area contributed by atoms with Crippen LogP contribution in [0.25, 0.3) is 0 Å². The lowest BCUT2D eigenvalue weighted by Gasteiger charge is -2.25. The van der Waals surface area contributed by atoms with Gasteiger partial charge in [0.2, 0.25) is 5.91 Å². The molecule has 1 aromatic rings. The normalized spacial score (nSPS) is 18.6. The summed E-state index contributed by atoms with van der Waals surface area (Å²) in [6, 6.07) is 9.84. The van der Waals surface area contributed by atoms with Crippen LogP contribution < -0.4 is 0 Å². The lowest BCUT2D eigenvalue weighted by Crippen LogP contribution is -2.41. The third-order valence-corrected chi connectivity index (χ3v) is 3.94. The number of carboxylic acids is 1. The first kappa shape index (κ1) is 15.5. The Morgan fingerprint density at radius 2 is 2.05 bits per heavy atom. The van der Waals surface area contributed by atoms with Gasteiger partial charge >= 0.3 is 5.97 Å². The van der Waals surface area contributed by atoms with Gasteiger partial charge in [0.25, 0.3) is 0 Å². The van der Waals surface area contributed by atoms with Gasteiger partial charge < -0.3 is 10.0 Å². The van der Waals surface area contributed by atoms with Gasteiger partial charge in [0.1, 0.15) is 0 Å². The molecule has 0 spiro atoms. The molecule has 1 aliphatic heterocycles. The Labute approximate surface area is 125 Å². The van der Waals surface area contributed by atoms with E-state index >= 15 is 0 Å². The number of amides is 1. The fraction of sp³-hybridized carbons (Fsp3) is 0.500. The third kappa shape index (κ3) is 4.56. The molecule has 5 heteroatoms. The molecule has 1 N–H and O–H groups in total. The first-order chi connectivity index (χ1) is 10.1. The number of hydrogen-bond acceptors (Lipinski definition) is 3. The average Bonchev–Trinajstić information content (AvgIpc) is 2.86. The maximum atomic E-state index is 12.3. The van der Waals surface area contributed by atoms with E-state index in [9.17, 15) is 9.59 Å². The van der Waals surface area contributed by atoms with Crippen molar-refractivity contribution < 1.29 is 14.7 Å². The molecular weight excluding hydrogens is 268 g/mol. The second-order valence-electron chi connectivity index (χ2n) is 5.60. The maximum Gasteiger partial charge on any atom is 0.304 e. The lowest BCUT2D eigenvalue weighted by atomic mass is 10.1. The van der Waals surface area contributed by atoms with Gasteiger partial charge in [-0.25, -0.2) is 0 Å². The molecule has 1 aliphatic rings. The zero-order valence-electron chi connectivity index (χ0n) is 12.4. The second kappa shape index (κ2) is 7.22. The van der Waals surface area contributed by atoms with E-state index in [1.165, 1.54) is 0 Å². The van der Waals surface area contributed by atoms with Crippen molar-refractivity contribution in [1.29, 1.82) is 0 Å². The van der Waals surface area contributed by atoms with E-state index in [4.69, 9.17) is 5.11 Å². The van der Waals surface area contributed by atoms with Crippen LogP contribution >= 0.6 is 0 Å². The number of hydrogen-bond donors (Lipinski definition) is 1. The number of carbonyl (C=O) groups is 2. The molecule has 1 atom stereocenters. The maximum absolute atomic E-state index is 12.3. The molecule has 1 unspecified atom stereocenters. The van der Waals surface area contributed by atoms with E-state index in [-0.39, 0.29) is 18.4 Å². The van der Waals surface area contributed by atoms with Crippen molar-refractivity contribution >= 4 is 11.9 Å². The minimum atomic E-state index is -0.794. The van der Waals surface area contributed by atoms with Gasteiger partial charge in [0.15, 0.2) is 0 Å². The Bertz CT molecular complexity index is 490. The molecule has 114 valence electrons. The Morgan fingerprint density at radius 1 is 1.33 bits per heavy atom. The molecule has 0 bridgehead atoms. The fourth-order valence-corrected chi connectivity index (χ4v) is 2.78. The number of carbonyl (C=O) groups excluding carboxylic acids is 1. The first-order valence-corrected chi connectivity index (χ1v) is 7.30. The molecule has 0 radical (unpaired) electrons. The van der Waals surface area contributed by atoms with Crippen LogP contribution in [-0.4, -0.2) is 53.0 Å². The molecule has 0 aliphatic carbocycles. The van der Waals surface area contributed by atoms with Crippen molar-refractivity contribution in [3.8, 4) is 0 Å². The minimum Gasteiger partial charge on any atom is -0.481 e. The molecule has 5 nitrogen and oxygen atoms in total. The Kier molecular flexibility index (Phi) is 5.33. The number of rotatable bonds is 6. The Hall–Kier alpha value is -1.88. The van der Waals surface area contributed by atoms with E-state index in [2.05, 4.69) is 0 Å². The van der Waals surface area contributed by atoms with Crippen LogP contribution in [0.4, 0.5) is 0 Å². The molecule has 1 heterocycles. The quantitative estimate of drug-likeness (QED) is 0.864. The van der Waals surface area contributed by atoms with Gasteiger partial charge in [-0.1, -0.05) is 30.3 Å². The SMILES string of the molecule is CN(Cc1ccccc1)C(=O)CN1CCCC1CC(=O)O. The van der Waals surface area contributed by atoms with Crippen LogP contribution in [0.15, 0.2) is 30.3 Å². The summed E-state index contributed by atoms with van der Waals surface area (Å²) in [5.74, 6) is -0.756. The van der Waals surface area contributed by atoms with Gasteiger partial charge in [0, 0.05) is 19.6 Å². The highest BCUT2D eigenvalue weighted by molar-refractivity contribution is 5.78. The molecule has 21 heavy (non-hydrogen) atoms. The predicted molar refractivity (Wildman–Crippen MR) is 79.8 cm³/mol. The Morgan fingerprint density at radius 3 is 2.71 bits per heavy atom. The summed E-state index contributed by atoms with van der Waals surface area (Å²) in [5.41, 5.74) is 1.09. The monoisotopic (exact) mass is 290 g/mol. The number of nitrogens with zero attached hydrogens (tertiary/aromatic N) is 2. The van der Waals surface area contributed by atoms with Crippen LogP contribution in [0.2, 0.25) is 0 Å². The summed E-state index contributed by atoms with van der Waals surface area (Å²) in [6.45, 7) is 1.70. The summed E-state index contributed by atoms with van der Waals surface area (Å²) in [7, 11) is 1.79. The van der Waals surface area contributed by atoms with Gasteiger partial charge in [0.05, 0.1) is 13.0 Å². The minimum absolute atomic E-state index is 0.00317. The molecule has 1 amide bonds. The smallest absolute Gasteiger partial charge is 0.304 e. The zero-order chi connectivity index (χ0) is 15.2. The Balaban J connectivity index is 1.86.